The Bertz CT molecular complexity index is 415. The van der Waals surface area contributed by atoms with Gasteiger partial charge in [-0.15, -0.1) is 0 Å². The third-order valence-corrected chi connectivity index (χ3v) is 3.68. The topological polar surface area (TPSA) is 71.2 Å². The van der Waals surface area contributed by atoms with Crippen molar-refractivity contribution in [3.63, 3.8) is 0 Å². The van der Waals surface area contributed by atoms with Crippen LogP contribution in [0.3, 0.4) is 0 Å². The first-order chi connectivity index (χ1) is 10.1. The van der Waals surface area contributed by atoms with Crippen LogP contribution in [0, 0.1) is 0 Å². The molecule has 3 N–H and O–H groups in total. The van der Waals surface area contributed by atoms with E-state index < -0.39 is 0 Å². The minimum absolute atomic E-state index is 0.117. The van der Waals surface area contributed by atoms with Crippen molar-refractivity contribution in [3.05, 3.63) is 29.6 Å². The number of carbonyl (C=O) groups excluding carboxylic acids is 1. The SMILES string of the molecule is CCN(CC)CCCC(C)NC(=O)c1ccc(CN)cn1. The van der Waals surface area contributed by atoms with Crippen LogP contribution in [0.15, 0.2) is 18.3 Å². The summed E-state index contributed by atoms with van der Waals surface area (Å²) in [6.07, 6.45) is 3.71. The van der Waals surface area contributed by atoms with Gasteiger partial charge in [0.2, 0.25) is 0 Å². The number of carbonyl (C=O) groups is 1. The van der Waals surface area contributed by atoms with Crippen LogP contribution >= 0.6 is 0 Å². The van der Waals surface area contributed by atoms with Crippen LogP contribution in [0.5, 0.6) is 0 Å². The molecule has 1 aromatic heterocycles. The maximum atomic E-state index is 12.0. The first-order valence-corrected chi connectivity index (χ1v) is 7.78. The number of nitrogens with one attached hydrogen (secondary N) is 1. The van der Waals surface area contributed by atoms with Gasteiger partial charge in [-0.3, -0.25) is 9.78 Å². The van der Waals surface area contributed by atoms with Crippen LogP contribution in [0.2, 0.25) is 0 Å². The van der Waals surface area contributed by atoms with E-state index in [2.05, 4.69) is 29.0 Å². The number of amides is 1. The molecule has 1 heterocycles. The van der Waals surface area contributed by atoms with E-state index >= 15 is 0 Å². The van der Waals surface area contributed by atoms with Gasteiger partial charge in [-0.25, -0.2) is 0 Å². The van der Waals surface area contributed by atoms with Gasteiger partial charge < -0.3 is 16.0 Å². The quantitative estimate of drug-likeness (QED) is 0.728. The van der Waals surface area contributed by atoms with Gasteiger partial charge in [0.1, 0.15) is 5.69 Å². The van der Waals surface area contributed by atoms with Gasteiger partial charge in [-0.2, -0.15) is 0 Å². The van der Waals surface area contributed by atoms with E-state index in [0.29, 0.717) is 12.2 Å². The number of pyridine rings is 1. The maximum Gasteiger partial charge on any atom is 0.270 e. The highest BCUT2D eigenvalue weighted by Gasteiger charge is 2.11. The Morgan fingerprint density at radius 1 is 1.38 bits per heavy atom. The molecule has 0 saturated carbocycles. The highest BCUT2D eigenvalue weighted by atomic mass is 16.1. The molecule has 1 atom stereocenters. The number of aromatic nitrogens is 1. The molecule has 1 unspecified atom stereocenters. The zero-order valence-corrected chi connectivity index (χ0v) is 13.4. The fourth-order valence-corrected chi connectivity index (χ4v) is 2.21. The summed E-state index contributed by atoms with van der Waals surface area (Å²) in [4.78, 5) is 18.6. The highest BCUT2D eigenvalue weighted by molar-refractivity contribution is 5.92. The van der Waals surface area contributed by atoms with Crippen molar-refractivity contribution >= 4 is 5.91 Å². The van der Waals surface area contributed by atoms with Gasteiger partial charge in [0.15, 0.2) is 0 Å². The Morgan fingerprint density at radius 2 is 2.10 bits per heavy atom. The third-order valence-electron chi connectivity index (χ3n) is 3.68. The number of nitrogens with two attached hydrogens (primary N) is 1. The minimum atomic E-state index is -0.117. The molecule has 0 radical (unpaired) electrons. The molecule has 0 aliphatic rings. The van der Waals surface area contributed by atoms with Gasteiger partial charge in [-0.05, 0) is 51.0 Å². The Morgan fingerprint density at radius 3 is 2.62 bits per heavy atom. The molecule has 118 valence electrons. The van der Waals surface area contributed by atoms with E-state index in [0.717, 1.165) is 38.0 Å². The molecule has 0 aromatic carbocycles. The van der Waals surface area contributed by atoms with Gasteiger partial charge >= 0.3 is 0 Å². The summed E-state index contributed by atoms with van der Waals surface area (Å²) in [5.74, 6) is -0.117. The maximum absolute atomic E-state index is 12.0. The van der Waals surface area contributed by atoms with Crippen molar-refractivity contribution < 1.29 is 4.79 Å². The molecule has 5 heteroatoms. The summed E-state index contributed by atoms with van der Waals surface area (Å²) in [6, 6.07) is 3.72. The molecule has 1 aromatic rings. The average molecular weight is 292 g/mol. The van der Waals surface area contributed by atoms with Gasteiger partial charge in [0, 0.05) is 18.8 Å². The molecule has 0 bridgehead atoms. The number of hydrogen-bond acceptors (Lipinski definition) is 4. The third kappa shape index (κ3) is 6.23. The average Bonchev–Trinajstić information content (AvgIpc) is 2.51. The van der Waals surface area contributed by atoms with Crippen molar-refractivity contribution in [3.8, 4) is 0 Å². The van der Waals surface area contributed by atoms with Crippen LogP contribution in [-0.2, 0) is 6.54 Å². The number of hydrogen-bond donors (Lipinski definition) is 2. The Hall–Kier alpha value is -1.46. The smallest absolute Gasteiger partial charge is 0.270 e. The predicted octanol–water partition coefficient (Wildman–Crippen LogP) is 1.78. The molecular weight excluding hydrogens is 264 g/mol. The molecule has 1 rings (SSSR count). The van der Waals surface area contributed by atoms with E-state index in [9.17, 15) is 4.79 Å². The van der Waals surface area contributed by atoms with Crippen LogP contribution in [0.25, 0.3) is 0 Å². The molecule has 21 heavy (non-hydrogen) atoms. The van der Waals surface area contributed by atoms with Gasteiger partial charge in [0.05, 0.1) is 0 Å². The van der Waals surface area contributed by atoms with Crippen molar-refractivity contribution in [2.24, 2.45) is 5.73 Å². The molecule has 5 nitrogen and oxygen atoms in total. The second-order valence-corrected chi connectivity index (χ2v) is 5.30. The lowest BCUT2D eigenvalue weighted by atomic mass is 10.1. The zero-order valence-electron chi connectivity index (χ0n) is 13.4. The largest absolute Gasteiger partial charge is 0.348 e. The monoisotopic (exact) mass is 292 g/mol. The molecule has 1 amide bonds. The van der Waals surface area contributed by atoms with Crippen LogP contribution in [0.1, 0.15) is 49.7 Å². The van der Waals surface area contributed by atoms with Gasteiger partial charge in [0.25, 0.3) is 5.91 Å². The molecule has 0 saturated heterocycles. The first kappa shape index (κ1) is 17.6. The normalized spacial score (nSPS) is 12.4. The second kappa shape index (κ2) is 9.47. The first-order valence-electron chi connectivity index (χ1n) is 7.78. The summed E-state index contributed by atoms with van der Waals surface area (Å²) >= 11 is 0. The van der Waals surface area contributed by atoms with E-state index in [1.165, 1.54) is 0 Å². The van der Waals surface area contributed by atoms with Crippen LogP contribution < -0.4 is 11.1 Å². The van der Waals surface area contributed by atoms with Crippen molar-refractivity contribution in [1.82, 2.24) is 15.2 Å². The summed E-state index contributed by atoms with van der Waals surface area (Å²) in [5.41, 5.74) is 6.89. The van der Waals surface area contributed by atoms with Crippen LogP contribution in [0.4, 0.5) is 0 Å². The summed E-state index contributed by atoms with van der Waals surface area (Å²) in [6.45, 7) is 10.1. The fourth-order valence-electron chi connectivity index (χ4n) is 2.21. The van der Waals surface area contributed by atoms with E-state index in [1.807, 2.05) is 13.0 Å². The summed E-state index contributed by atoms with van der Waals surface area (Å²) in [7, 11) is 0. The zero-order chi connectivity index (χ0) is 15.7. The molecule has 0 fully saturated rings. The fraction of sp³-hybridized carbons (Fsp3) is 0.625. The number of rotatable bonds is 9. The molecule has 0 spiro atoms. The standard InChI is InChI=1S/C16H28N4O/c1-4-20(5-2)10-6-7-13(3)19-16(21)15-9-8-14(11-17)12-18-15/h8-9,12-13H,4-7,10-11,17H2,1-3H3,(H,19,21). The molecule has 0 aliphatic carbocycles. The van der Waals surface area contributed by atoms with E-state index in [-0.39, 0.29) is 11.9 Å². The van der Waals surface area contributed by atoms with Crippen molar-refractivity contribution in [2.45, 2.75) is 46.2 Å². The van der Waals surface area contributed by atoms with Crippen molar-refractivity contribution in [2.75, 3.05) is 19.6 Å². The Kier molecular flexibility index (Phi) is 7.93. The summed E-state index contributed by atoms with van der Waals surface area (Å²) in [5, 5.41) is 2.99. The lowest BCUT2D eigenvalue weighted by Gasteiger charge is -2.19. The Balaban J connectivity index is 2.35. The second-order valence-electron chi connectivity index (χ2n) is 5.30. The highest BCUT2D eigenvalue weighted by Crippen LogP contribution is 2.03. The van der Waals surface area contributed by atoms with Crippen molar-refractivity contribution in [1.29, 1.82) is 0 Å². The van der Waals surface area contributed by atoms with E-state index in [4.69, 9.17) is 5.73 Å². The Labute approximate surface area is 127 Å². The molecular formula is C16H28N4O. The molecule has 0 aliphatic heterocycles. The van der Waals surface area contributed by atoms with E-state index in [1.54, 1.807) is 12.3 Å². The number of nitrogens with zero attached hydrogens (tertiary/aromatic N) is 2. The van der Waals surface area contributed by atoms with Crippen LogP contribution in [-0.4, -0.2) is 41.5 Å². The summed E-state index contributed by atoms with van der Waals surface area (Å²) < 4.78 is 0. The van der Waals surface area contributed by atoms with Gasteiger partial charge in [-0.1, -0.05) is 19.9 Å². The lowest BCUT2D eigenvalue weighted by molar-refractivity contribution is 0.0932. The lowest BCUT2D eigenvalue weighted by Crippen LogP contribution is -2.34. The minimum Gasteiger partial charge on any atom is -0.348 e. The predicted molar refractivity (Wildman–Crippen MR) is 86.1 cm³/mol.